The Morgan fingerprint density at radius 2 is 2.00 bits per heavy atom. The van der Waals surface area contributed by atoms with E-state index in [0.717, 1.165) is 3.83 Å². The molecule has 4 heteroatoms. The smallest absolute Gasteiger partial charge is 0.203 e. The number of hydrogen-bond donors (Lipinski definition) is 0. The summed E-state index contributed by atoms with van der Waals surface area (Å²) in [6, 6.07) is 0. The third kappa shape index (κ3) is 2.03. The normalized spacial score (nSPS) is 21.7. The maximum atomic E-state index is 4.50. The average molecular weight is 308 g/mol. The van der Waals surface area contributed by atoms with Crippen molar-refractivity contribution in [2.24, 2.45) is 0 Å². The first-order chi connectivity index (χ1) is 6.21. The molecule has 0 N–H and O–H groups in total. The third-order valence-electron chi connectivity index (χ3n) is 2.87. The molecular weight excluding hydrogens is 295 g/mol. The van der Waals surface area contributed by atoms with Crippen molar-refractivity contribution in [3.8, 4) is 0 Å². The van der Waals surface area contributed by atoms with Crippen molar-refractivity contribution in [3.63, 3.8) is 0 Å². The first-order valence-corrected chi connectivity index (χ1v) is 6.56. The molecule has 1 heterocycles. The van der Waals surface area contributed by atoms with Gasteiger partial charge in [0.1, 0.15) is 5.01 Å². The Balaban J connectivity index is 2.22. The molecule has 1 aliphatic carbocycles. The van der Waals surface area contributed by atoms with Gasteiger partial charge in [0.25, 0.3) is 0 Å². The molecule has 1 aromatic rings. The van der Waals surface area contributed by atoms with E-state index in [1.54, 1.807) is 11.5 Å². The van der Waals surface area contributed by atoms with Crippen molar-refractivity contribution in [3.05, 3.63) is 8.84 Å². The van der Waals surface area contributed by atoms with Crippen LogP contribution in [0.4, 0.5) is 0 Å². The summed E-state index contributed by atoms with van der Waals surface area (Å²) in [5.74, 6) is 0. The lowest BCUT2D eigenvalue weighted by atomic mass is 9.76. The molecule has 0 aliphatic heterocycles. The molecule has 2 rings (SSSR count). The van der Waals surface area contributed by atoms with Gasteiger partial charge in [-0.3, -0.25) is 0 Å². The molecule has 0 unspecified atom stereocenters. The topological polar surface area (TPSA) is 25.8 Å². The highest BCUT2D eigenvalue weighted by molar-refractivity contribution is 14.1. The van der Waals surface area contributed by atoms with Crippen molar-refractivity contribution < 1.29 is 0 Å². The summed E-state index contributed by atoms with van der Waals surface area (Å²) in [6.07, 6.45) is 6.68. The minimum absolute atomic E-state index is 0.333. The van der Waals surface area contributed by atoms with Gasteiger partial charge >= 0.3 is 0 Å². The van der Waals surface area contributed by atoms with E-state index in [0.29, 0.717) is 5.41 Å². The maximum Gasteiger partial charge on any atom is 0.203 e. The predicted molar refractivity (Wildman–Crippen MR) is 63.1 cm³/mol. The molecule has 1 saturated carbocycles. The Hall–Kier alpha value is 0.290. The van der Waals surface area contributed by atoms with Crippen LogP contribution >= 0.6 is 34.1 Å². The van der Waals surface area contributed by atoms with E-state index in [1.807, 2.05) is 0 Å². The Morgan fingerprint density at radius 3 is 2.54 bits per heavy atom. The van der Waals surface area contributed by atoms with Gasteiger partial charge in [-0.15, -0.1) is 0 Å². The monoisotopic (exact) mass is 308 g/mol. The zero-order chi connectivity index (χ0) is 9.31. The molecule has 1 fully saturated rings. The van der Waals surface area contributed by atoms with Crippen LogP contribution < -0.4 is 0 Å². The summed E-state index contributed by atoms with van der Waals surface area (Å²) >= 11 is 3.78. The number of nitrogens with zero attached hydrogens (tertiary/aromatic N) is 2. The second-order valence-electron chi connectivity index (χ2n) is 3.99. The summed E-state index contributed by atoms with van der Waals surface area (Å²) in [6.45, 7) is 2.34. The summed E-state index contributed by atoms with van der Waals surface area (Å²) in [4.78, 5) is 4.50. The van der Waals surface area contributed by atoms with E-state index < -0.39 is 0 Å². The molecule has 1 aliphatic rings. The van der Waals surface area contributed by atoms with E-state index >= 15 is 0 Å². The molecule has 1 aromatic heterocycles. The van der Waals surface area contributed by atoms with Crippen LogP contribution in [0.1, 0.15) is 44.0 Å². The van der Waals surface area contributed by atoms with Gasteiger partial charge in [-0.1, -0.05) is 26.2 Å². The minimum atomic E-state index is 0.333. The first kappa shape index (κ1) is 9.83. The van der Waals surface area contributed by atoms with Gasteiger partial charge in [-0.25, -0.2) is 4.98 Å². The highest BCUT2D eigenvalue weighted by Gasteiger charge is 2.31. The van der Waals surface area contributed by atoms with Crippen LogP contribution in [0.3, 0.4) is 0 Å². The molecule has 72 valence electrons. The van der Waals surface area contributed by atoms with Crippen molar-refractivity contribution >= 4 is 34.1 Å². The van der Waals surface area contributed by atoms with Crippen LogP contribution in [0, 0.1) is 3.83 Å². The molecule has 2 nitrogen and oxygen atoms in total. The standard InChI is InChI=1S/C9H13IN2S/c1-9(5-3-2-4-6-9)7-11-8(10)12-13-7/h2-6H2,1H3. The molecule has 0 amide bonds. The number of halogens is 1. The van der Waals surface area contributed by atoms with Gasteiger partial charge in [0.2, 0.25) is 3.83 Å². The summed E-state index contributed by atoms with van der Waals surface area (Å²) in [5.41, 5.74) is 0.333. The fourth-order valence-corrected chi connectivity index (χ4v) is 3.45. The van der Waals surface area contributed by atoms with Gasteiger partial charge in [-0.2, -0.15) is 4.37 Å². The van der Waals surface area contributed by atoms with E-state index in [2.05, 4.69) is 38.9 Å². The quantitative estimate of drug-likeness (QED) is 0.744. The first-order valence-electron chi connectivity index (χ1n) is 4.70. The fraction of sp³-hybridized carbons (Fsp3) is 0.778. The number of rotatable bonds is 1. The van der Waals surface area contributed by atoms with Crippen molar-refractivity contribution in [1.82, 2.24) is 9.36 Å². The molecule has 0 aromatic carbocycles. The zero-order valence-electron chi connectivity index (χ0n) is 7.72. The maximum absolute atomic E-state index is 4.50. The van der Waals surface area contributed by atoms with Crippen LogP contribution in [-0.2, 0) is 5.41 Å². The molecule has 0 bridgehead atoms. The Labute approximate surface area is 96.5 Å². The number of hydrogen-bond acceptors (Lipinski definition) is 3. The Kier molecular flexibility index (Phi) is 2.88. The van der Waals surface area contributed by atoms with E-state index in [1.165, 1.54) is 37.1 Å². The van der Waals surface area contributed by atoms with Crippen LogP contribution in [-0.4, -0.2) is 9.36 Å². The fourth-order valence-electron chi connectivity index (χ4n) is 2.00. The van der Waals surface area contributed by atoms with Gasteiger partial charge < -0.3 is 0 Å². The van der Waals surface area contributed by atoms with E-state index in [9.17, 15) is 0 Å². The van der Waals surface area contributed by atoms with Crippen LogP contribution in [0.2, 0.25) is 0 Å². The molecule has 0 atom stereocenters. The van der Waals surface area contributed by atoms with Gasteiger partial charge in [0.05, 0.1) is 0 Å². The van der Waals surface area contributed by atoms with Crippen LogP contribution in [0.5, 0.6) is 0 Å². The molecule has 0 radical (unpaired) electrons. The second-order valence-corrected chi connectivity index (χ2v) is 5.71. The summed E-state index contributed by atoms with van der Waals surface area (Å²) in [7, 11) is 0. The molecule has 0 spiro atoms. The summed E-state index contributed by atoms with van der Waals surface area (Å²) < 4.78 is 5.16. The van der Waals surface area contributed by atoms with Crippen molar-refractivity contribution in [2.45, 2.75) is 44.4 Å². The highest BCUT2D eigenvalue weighted by Crippen LogP contribution is 2.39. The lowest BCUT2D eigenvalue weighted by molar-refractivity contribution is 0.318. The second kappa shape index (κ2) is 3.81. The molecule has 13 heavy (non-hydrogen) atoms. The average Bonchev–Trinajstić information content (AvgIpc) is 2.54. The van der Waals surface area contributed by atoms with Crippen molar-refractivity contribution in [2.75, 3.05) is 0 Å². The lowest BCUT2D eigenvalue weighted by Crippen LogP contribution is -2.24. The predicted octanol–water partition coefficient (Wildman–Crippen LogP) is 3.36. The highest BCUT2D eigenvalue weighted by atomic mass is 127. The molecular formula is C9H13IN2S. The van der Waals surface area contributed by atoms with E-state index in [-0.39, 0.29) is 0 Å². The van der Waals surface area contributed by atoms with Crippen molar-refractivity contribution in [1.29, 1.82) is 0 Å². The summed E-state index contributed by atoms with van der Waals surface area (Å²) in [5, 5.41) is 1.25. The van der Waals surface area contributed by atoms with E-state index in [4.69, 9.17) is 0 Å². The minimum Gasteiger partial charge on any atom is -0.214 e. The SMILES string of the molecule is CC1(c2nc(I)ns2)CCCCC1. The Morgan fingerprint density at radius 1 is 1.31 bits per heavy atom. The van der Waals surface area contributed by atoms with Gasteiger partial charge in [0, 0.05) is 28.0 Å². The molecule has 0 saturated heterocycles. The van der Waals surface area contributed by atoms with Crippen LogP contribution in [0.15, 0.2) is 0 Å². The van der Waals surface area contributed by atoms with Gasteiger partial charge in [-0.05, 0) is 24.4 Å². The third-order valence-corrected chi connectivity index (χ3v) is 4.71. The zero-order valence-corrected chi connectivity index (χ0v) is 10.7. The van der Waals surface area contributed by atoms with Gasteiger partial charge in [0.15, 0.2) is 0 Å². The Bertz CT molecular complexity index is 292. The lowest BCUT2D eigenvalue weighted by Gasteiger charge is -2.30. The van der Waals surface area contributed by atoms with Crippen LogP contribution in [0.25, 0.3) is 0 Å². The largest absolute Gasteiger partial charge is 0.214 e. The number of aromatic nitrogens is 2.